The summed E-state index contributed by atoms with van der Waals surface area (Å²) in [5.41, 5.74) is 2.44. The highest BCUT2D eigenvalue weighted by atomic mass is 16.3. The minimum Gasteiger partial charge on any atom is -0.444 e. The van der Waals surface area contributed by atoms with Crippen LogP contribution in [0.15, 0.2) is 47.1 Å². The summed E-state index contributed by atoms with van der Waals surface area (Å²) in [5.74, 6) is 1.19. The standard InChI is InChI=1S/C21H24N4O2/c1-15-12-19(25(24-15)18-10-6-3-7-11-18)23-20(26)13-17-14-27-21(22-17)16-8-4-2-5-9-16/h2,4-5,8-9,12,14,18H,3,6-7,10-11,13H2,1H3,(H,23,26). The van der Waals surface area contributed by atoms with Crippen LogP contribution in [0.4, 0.5) is 5.82 Å². The van der Waals surface area contributed by atoms with E-state index in [1.165, 1.54) is 19.3 Å². The lowest BCUT2D eigenvalue weighted by Crippen LogP contribution is -2.21. The largest absolute Gasteiger partial charge is 0.444 e. The Labute approximate surface area is 158 Å². The molecule has 2 aromatic heterocycles. The highest BCUT2D eigenvalue weighted by molar-refractivity contribution is 5.91. The molecule has 6 nitrogen and oxygen atoms in total. The van der Waals surface area contributed by atoms with Crippen molar-refractivity contribution in [1.82, 2.24) is 14.8 Å². The van der Waals surface area contributed by atoms with Crippen LogP contribution in [0.5, 0.6) is 0 Å². The van der Waals surface area contributed by atoms with E-state index in [9.17, 15) is 4.79 Å². The fraction of sp³-hybridized carbons (Fsp3) is 0.381. The second kappa shape index (κ2) is 7.78. The van der Waals surface area contributed by atoms with E-state index in [4.69, 9.17) is 4.42 Å². The first-order chi connectivity index (χ1) is 13.2. The number of aromatic nitrogens is 3. The predicted octanol–water partition coefficient (Wildman–Crippen LogP) is 4.53. The quantitative estimate of drug-likeness (QED) is 0.722. The summed E-state index contributed by atoms with van der Waals surface area (Å²) in [7, 11) is 0. The molecule has 1 aromatic carbocycles. The van der Waals surface area contributed by atoms with Crippen molar-refractivity contribution in [2.75, 3.05) is 5.32 Å². The molecular formula is C21H24N4O2. The van der Waals surface area contributed by atoms with Gasteiger partial charge in [0.25, 0.3) is 0 Å². The van der Waals surface area contributed by atoms with Crippen LogP contribution in [0.2, 0.25) is 0 Å². The summed E-state index contributed by atoms with van der Waals surface area (Å²) in [5, 5.41) is 7.61. The Balaban J connectivity index is 1.44. The molecule has 0 atom stereocenters. The zero-order chi connectivity index (χ0) is 18.6. The number of anilines is 1. The lowest BCUT2D eigenvalue weighted by molar-refractivity contribution is -0.115. The third-order valence-electron chi connectivity index (χ3n) is 4.96. The van der Waals surface area contributed by atoms with Gasteiger partial charge in [0.2, 0.25) is 11.8 Å². The lowest BCUT2D eigenvalue weighted by Gasteiger charge is -2.23. The molecule has 3 aromatic rings. The summed E-state index contributed by atoms with van der Waals surface area (Å²) in [6, 6.07) is 12.0. The Kier molecular flexibility index (Phi) is 5.05. The van der Waals surface area contributed by atoms with Gasteiger partial charge in [0.15, 0.2) is 0 Å². The lowest BCUT2D eigenvalue weighted by atomic mass is 9.96. The maximum atomic E-state index is 12.5. The number of nitrogens with zero attached hydrogens (tertiary/aromatic N) is 3. The van der Waals surface area contributed by atoms with Crippen molar-refractivity contribution in [3.8, 4) is 11.5 Å². The number of carbonyl (C=O) groups is 1. The highest BCUT2D eigenvalue weighted by Gasteiger charge is 2.20. The van der Waals surface area contributed by atoms with Crippen LogP contribution >= 0.6 is 0 Å². The molecule has 140 valence electrons. The van der Waals surface area contributed by atoms with E-state index >= 15 is 0 Å². The average molecular weight is 364 g/mol. The zero-order valence-electron chi connectivity index (χ0n) is 15.5. The first-order valence-electron chi connectivity index (χ1n) is 9.55. The smallest absolute Gasteiger partial charge is 0.231 e. The Bertz CT molecular complexity index is 907. The van der Waals surface area contributed by atoms with Gasteiger partial charge < -0.3 is 9.73 Å². The van der Waals surface area contributed by atoms with Crippen molar-refractivity contribution in [3.63, 3.8) is 0 Å². The van der Waals surface area contributed by atoms with Gasteiger partial charge in [-0.15, -0.1) is 0 Å². The number of benzene rings is 1. The van der Waals surface area contributed by atoms with Crippen LogP contribution in [0.3, 0.4) is 0 Å². The minimum atomic E-state index is -0.111. The molecule has 1 N–H and O–H groups in total. The molecule has 1 aliphatic carbocycles. The maximum Gasteiger partial charge on any atom is 0.231 e. The van der Waals surface area contributed by atoms with Crippen molar-refractivity contribution >= 4 is 11.7 Å². The van der Waals surface area contributed by atoms with Crippen molar-refractivity contribution in [3.05, 3.63) is 54.0 Å². The highest BCUT2D eigenvalue weighted by Crippen LogP contribution is 2.30. The number of oxazole rings is 1. The zero-order valence-corrected chi connectivity index (χ0v) is 15.5. The number of carbonyl (C=O) groups excluding carboxylic acids is 1. The second-order valence-corrected chi connectivity index (χ2v) is 7.14. The van der Waals surface area contributed by atoms with Crippen molar-refractivity contribution < 1.29 is 9.21 Å². The number of aryl methyl sites for hydroxylation is 1. The molecule has 1 amide bonds. The molecule has 0 radical (unpaired) electrons. The van der Waals surface area contributed by atoms with Gasteiger partial charge in [0.05, 0.1) is 23.9 Å². The fourth-order valence-corrected chi connectivity index (χ4v) is 3.67. The van der Waals surface area contributed by atoms with Gasteiger partial charge >= 0.3 is 0 Å². The molecule has 1 fully saturated rings. The molecule has 0 saturated heterocycles. The topological polar surface area (TPSA) is 73.0 Å². The van der Waals surface area contributed by atoms with Crippen LogP contribution in [0.25, 0.3) is 11.5 Å². The minimum absolute atomic E-state index is 0.111. The summed E-state index contributed by atoms with van der Waals surface area (Å²) >= 11 is 0. The summed E-state index contributed by atoms with van der Waals surface area (Å²) in [6.45, 7) is 1.96. The summed E-state index contributed by atoms with van der Waals surface area (Å²) in [4.78, 5) is 17.0. The van der Waals surface area contributed by atoms with Gasteiger partial charge in [-0.1, -0.05) is 37.5 Å². The number of amides is 1. The Morgan fingerprint density at radius 3 is 2.78 bits per heavy atom. The Morgan fingerprint density at radius 1 is 1.22 bits per heavy atom. The Hall–Kier alpha value is -2.89. The summed E-state index contributed by atoms with van der Waals surface area (Å²) in [6.07, 6.45) is 7.68. The molecule has 0 aliphatic heterocycles. The molecule has 4 rings (SSSR count). The van der Waals surface area contributed by atoms with E-state index in [1.807, 2.05) is 48.0 Å². The van der Waals surface area contributed by atoms with Gasteiger partial charge in [-0.2, -0.15) is 5.10 Å². The number of hydrogen-bond donors (Lipinski definition) is 1. The molecule has 1 aliphatic rings. The van der Waals surface area contributed by atoms with Crippen molar-refractivity contribution in [1.29, 1.82) is 0 Å². The van der Waals surface area contributed by atoms with E-state index in [0.29, 0.717) is 17.6 Å². The monoisotopic (exact) mass is 364 g/mol. The average Bonchev–Trinajstić information content (AvgIpc) is 3.29. The maximum absolute atomic E-state index is 12.5. The molecule has 27 heavy (non-hydrogen) atoms. The van der Waals surface area contributed by atoms with Gasteiger partial charge in [0, 0.05) is 11.6 Å². The van der Waals surface area contributed by atoms with Crippen molar-refractivity contribution in [2.45, 2.75) is 51.5 Å². The predicted molar refractivity (Wildman–Crippen MR) is 103 cm³/mol. The van der Waals surface area contributed by atoms with Crippen molar-refractivity contribution in [2.24, 2.45) is 0 Å². The molecule has 0 spiro atoms. The molecule has 0 bridgehead atoms. The molecule has 2 heterocycles. The van der Waals surface area contributed by atoms with Crippen LogP contribution in [-0.2, 0) is 11.2 Å². The van der Waals surface area contributed by atoms with Crippen LogP contribution in [0.1, 0.15) is 49.5 Å². The van der Waals surface area contributed by atoms with E-state index in [0.717, 1.165) is 29.9 Å². The van der Waals surface area contributed by atoms with Gasteiger partial charge in [-0.05, 0) is 31.9 Å². The van der Waals surface area contributed by atoms with Gasteiger partial charge in [-0.25, -0.2) is 9.67 Å². The Morgan fingerprint density at radius 2 is 2.00 bits per heavy atom. The van der Waals surface area contributed by atoms with Crippen LogP contribution < -0.4 is 5.32 Å². The van der Waals surface area contributed by atoms with Crippen LogP contribution in [0, 0.1) is 6.92 Å². The molecular weight excluding hydrogens is 340 g/mol. The first-order valence-corrected chi connectivity index (χ1v) is 9.55. The SMILES string of the molecule is Cc1cc(NC(=O)Cc2coc(-c3ccccc3)n2)n(C2CCCCC2)n1. The number of rotatable bonds is 5. The third-order valence-corrected chi connectivity index (χ3v) is 4.96. The van der Waals surface area contributed by atoms with Gasteiger partial charge in [-0.3, -0.25) is 4.79 Å². The molecule has 1 saturated carbocycles. The van der Waals surface area contributed by atoms with E-state index in [2.05, 4.69) is 15.4 Å². The second-order valence-electron chi connectivity index (χ2n) is 7.14. The number of nitrogens with one attached hydrogen (secondary N) is 1. The normalized spacial score (nSPS) is 15.0. The third kappa shape index (κ3) is 4.10. The van der Waals surface area contributed by atoms with E-state index < -0.39 is 0 Å². The van der Waals surface area contributed by atoms with E-state index in [1.54, 1.807) is 6.26 Å². The number of hydrogen-bond acceptors (Lipinski definition) is 4. The molecule has 0 unspecified atom stereocenters. The van der Waals surface area contributed by atoms with E-state index in [-0.39, 0.29) is 12.3 Å². The fourth-order valence-electron chi connectivity index (χ4n) is 3.67. The van der Waals surface area contributed by atoms with Gasteiger partial charge in [0.1, 0.15) is 12.1 Å². The molecule has 6 heteroatoms. The first kappa shape index (κ1) is 17.5. The van der Waals surface area contributed by atoms with Crippen LogP contribution in [-0.4, -0.2) is 20.7 Å². The summed E-state index contributed by atoms with van der Waals surface area (Å²) < 4.78 is 7.51.